The van der Waals surface area contributed by atoms with Gasteiger partial charge in [0.25, 0.3) is 0 Å². The van der Waals surface area contributed by atoms with Crippen LogP contribution in [0.5, 0.6) is 0 Å². The second kappa shape index (κ2) is 3.01. The molecule has 0 bridgehead atoms. The Labute approximate surface area is 60.7 Å². The smallest absolute Gasteiger partial charge is 0.224 e. The van der Waals surface area contributed by atoms with Crippen molar-refractivity contribution in [1.82, 2.24) is 5.32 Å². The van der Waals surface area contributed by atoms with Crippen molar-refractivity contribution in [3.05, 3.63) is 0 Å². The maximum absolute atomic E-state index is 10.8. The van der Waals surface area contributed by atoms with Gasteiger partial charge in [-0.05, 0) is 5.92 Å². The summed E-state index contributed by atoms with van der Waals surface area (Å²) < 4.78 is 5.28. The maximum Gasteiger partial charge on any atom is 0.224 e. The summed E-state index contributed by atoms with van der Waals surface area (Å²) in [5, 5.41) is 2.75. The molecule has 1 rings (SSSR count). The van der Waals surface area contributed by atoms with E-state index in [2.05, 4.69) is 5.32 Å². The Bertz CT molecular complexity index is 134. The minimum atomic E-state index is -0.0683. The van der Waals surface area contributed by atoms with Crippen molar-refractivity contribution >= 4 is 5.91 Å². The first-order valence-corrected chi connectivity index (χ1v) is 3.61. The number of hydrogen-bond acceptors (Lipinski definition) is 2. The fourth-order valence-electron chi connectivity index (χ4n) is 0.910. The molecule has 0 saturated carbocycles. The molecule has 1 fully saturated rings. The summed E-state index contributed by atoms with van der Waals surface area (Å²) >= 11 is 0. The van der Waals surface area contributed by atoms with Gasteiger partial charge in [-0.2, -0.15) is 0 Å². The topological polar surface area (TPSA) is 38.3 Å². The molecule has 0 spiro atoms. The molecule has 1 heterocycles. The van der Waals surface area contributed by atoms with Gasteiger partial charge in [-0.1, -0.05) is 13.8 Å². The highest BCUT2D eigenvalue weighted by molar-refractivity contribution is 5.76. The van der Waals surface area contributed by atoms with E-state index in [1.165, 1.54) is 0 Å². The number of ether oxygens (including phenoxy) is 1. The van der Waals surface area contributed by atoms with E-state index in [0.717, 1.165) is 0 Å². The van der Waals surface area contributed by atoms with Gasteiger partial charge in [-0.15, -0.1) is 0 Å². The predicted molar refractivity (Wildman–Crippen MR) is 37.3 cm³/mol. The molecule has 0 radical (unpaired) electrons. The molecule has 1 aliphatic heterocycles. The monoisotopic (exact) mass is 143 g/mol. The van der Waals surface area contributed by atoms with E-state index in [9.17, 15) is 4.79 Å². The first-order valence-electron chi connectivity index (χ1n) is 3.61. The molecule has 0 aromatic rings. The van der Waals surface area contributed by atoms with Gasteiger partial charge in [-0.3, -0.25) is 4.79 Å². The Morgan fingerprint density at radius 2 is 2.40 bits per heavy atom. The largest absolute Gasteiger partial charge is 0.358 e. The van der Waals surface area contributed by atoms with Gasteiger partial charge in [-0.25, -0.2) is 0 Å². The number of rotatable bonds is 1. The SMILES string of the molecule is CC(C)C1NC(=O)CCO1. The Morgan fingerprint density at radius 1 is 1.70 bits per heavy atom. The zero-order valence-corrected chi connectivity index (χ0v) is 6.39. The molecule has 3 nitrogen and oxygen atoms in total. The molecule has 1 atom stereocenters. The molecule has 3 heteroatoms. The van der Waals surface area contributed by atoms with Crippen LogP contribution in [0.25, 0.3) is 0 Å². The van der Waals surface area contributed by atoms with E-state index in [4.69, 9.17) is 4.74 Å². The molecule has 1 N–H and O–H groups in total. The molecule has 1 amide bonds. The van der Waals surface area contributed by atoms with Crippen LogP contribution in [0.15, 0.2) is 0 Å². The zero-order chi connectivity index (χ0) is 7.56. The highest BCUT2D eigenvalue weighted by atomic mass is 16.5. The van der Waals surface area contributed by atoms with Gasteiger partial charge >= 0.3 is 0 Å². The van der Waals surface area contributed by atoms with Crippen LogP contribution in [0, 0.1) is 5.92 Å². The molecular formula is C7H13NO2. The highest BCUT2D eigenvalue weighted by Gasteiger charge is 2.20. The first kappa shape index (κ1) is 7.54. The lowest BCUT2D eigenvalue weighted by molar-refractivity contribution is -0.135. The van der Waals surface area contributed by atoms with Crippen LogP contribution < -0.4 is 5.32 Å². The zero-order valence-electron chi connectivity index (χ0n) is 6.39. The summed E-state index contributed by atoms with van der Waals surface area (Å²) in [7, 11) is 0. The van der Waals surface area contributed by atoms with Crippen molar-refractivity contribution < 1.29 is 9.53 Å². The molecule has 0 aliphatic carbocycles. The summed E-state index contributed by atoms with van der Waals surface area (Å²) in [4.78, 5) is 10.8. The number of hydrogen-bond donors (Lipinski definition) is 1. The third-order valence-electron chi connectivity index (χ3n) is 1.54. The minimum Gasteiger partial charge on any atom is -0.358 e. The lowest BCUT2D eigenvalue weighted by Gasteiger charge is -2.26. The summed E-state index contributed by atoms with van der Waals surface area (Å²) in [6.45, 7) is 4.61. The van der Waals surface area contributed by atoms with Crippen molar-refractivity contribution in [2.24, 2.45) is 5.92 Å². The van der Waals surface area contributed by atoms with Crippen LogP contribution in [0.1, 0.15) is 20.3 Å². The fourth-order valence-corrected chi connectivity index (χ4v) is 0.910. The first-order chi connectivity index (χ1) is 4.70. The van der Waals surface area contributed by atoms with Crippen LogP contribution >= 0.6 is 0 Å². The second-order valence-electron chi connectivity index (χ2n) is 2.85. The second-order valence-corrected chi connectivity index (χ2v) is 2.85. The molecule has 1 aliphatic rings. The normalized spacial score (nSPS) is 26.7. The van der Waals surface area contributed by atoms with Crippen molar-refractivity contribution in [3.63, 3.8) is 0 Å². The number of amides is 1. The standard InChI is InChI=1S/C7H13NO2/c1-5(2)7-8-6(9)3-4-10-7/h5,7H,3-4H2,1-2H3,(H,8,9). The van der Waals surface area contributed by atoms with Crippen LogP contribution in [-0.2, 0) is 9.53 Å². The Morgan fingerprint density at radius 3 is 2.80 bits per heavy atom. The Balaban J connectivity index is 2.39. The van der Waals surface area contributed by atoms with E-state index >= 15 is 0 Å². The van der Waals surface area contributed by atoms with E-state index in [1.54, 1.807) is 0 Å². The van der Waals surface area contributed by atoms with E-state index in [0.29, 0.717) is 18.9 Å². The van der Waals surface area contributed by atoms with Gasteiger partial charge in [0.05, 0.1) is 13.0 Å². The van der Waals surface area contributed by atoms with E-state index in [1.807, 2.05) is 13.8 Å². The molecule has 58 valence electrons. The third-order valence-corrected chi connectivity index (χ3v) is 1.54. The lowest BCUT2D eigenvalue weighted by atomic mass is 10.1. The van der Waals surface area contributed by atoms with Crippen molar-refractivity contribution in [2.45, 2.75) is 26.5 Å². The number of carbonyl (C=O) groups is 1. The average molecular weight is 143 g/mol. The summed E-state index contributed by atoms with van der Waals surface area (Å²) in [5.41, 5.74) is 0. The van der Waals surface area contributed by atoms with E-state index < -0.39 is 0 Å². The summed E-state index contributed by atoms with van der Waals surface area (Å²) in [5.74, 6) is 0.467. The van der Waals surface area contributed by atoms with Gasteiger partial charge < -0.3 is 10.1 Å². The molecular weight excluding hydrogens is 130 g/mol. The summed E-state index contributed by atoms with van der Waals surface area (Å²) in [6, 6.07) is 0. The predicted octanol–water partition coefficient (Wildman–Crippen LogP) is 0.505. The van der Waals surface area contributed by atoms with Crippen LogP contribution in [0.4, 0.5) is 0 Å². The van der Waals surface area contributed by atoms with Crippen molar-refractivity contribution in [2.75, 3.05) is 6.61 Å². The fraction of sp³-hybridized carbons (Fsp3) is 0.857. The van der Waals surface area contributed by atoms with Gasteiger partial charge in [0.15, 0.2) is 0 Å². The third kappa shape index (κ3) is 1.70. The summed E-state index contributed by atoms with van der Waals surface area (Å²) in [6.07, 6.45) is 0.435. The van der Waals surface area contributed by atoms with Gasteiger partial charge in [0, 0.05) is 0 Å². The van der Waals surface area contributed by atoms with Crippen LogP contribution in [0.3, 0.4) is 0 Å². The molecule has 0 aromatic carbocycles. The molecule has 0 aromatic heterocycles. The number of carbonyl (C=O) groups excluding carboxylic acids is 1. The minimum absolute atomic E-state index is 0.0683. The molecule has 1 saturated heterocycles. The van der Waals surface area contributed by atoms with Crippen LogP contribution in [0.2, 0.25) is 0 Å². The highest BCUT2D eigenvalue weighted by Crippen LogP contribution is 2.07. The Hall–Kier alpha value is -0.570. The quantitative estimate of drug-likeness (QED) is 0.580. The average Bonchev–Trinajstić information content (AvgIpc) is 1.88. The van der Waals surface area contributed by atoms with E-state index in [-0.39, 0.29) is 12.1 Å². The Kier molecular flexibility index (Phi) is 2.27. The van der Waals surface area contributed by atoms with Gasteiger partial charge in [0.2, 0.25) is 5.91 Å². The van der Waals surface area contributed by atoms with Crippen molar-refractivity contribution in [1.29, 1.82) is 0 Å². The molecule has 10 heavy (non-hydrogen) atoms. The lowest BCUT2D eigenvalue weighted by Crippen LogP contribution is -2.45. The number of nitrogens with one attached hydrogen (secondary N) is 1. The van der Waals surface area contributed by atoms with Crippen molar-refractivity contribution in [3.8, 4) is 0 Å². The molecule has 1 unspecified atom stereocenters. The van der Waals surface area contributed by atoms with Crippen LogP contribution in [-0.4, -0.2) is 18.7 Å². The van der Waals surface area contributed by atoms with Gasteiger partial charge in [0.1, 0.15) is 6.23 Å². The maximum atomic E-state index is 10.8.